The van der Waals surface area contributed by atoms with Crippen molar-refractivity contribution >= 4 is 33.9 Å². The summed E-state index contributed by atoms with van der Waals surface area (Å²) in [7, 11) is 0. The van der Waals surface area contributed by atoms with Crippen LogP contribution in [-0.4, -0.2) is 33.8 Å². The monoisotopic (exact) mass is 391 g/mol. The molecular formula is C18H18FN3O2S2. The van der Waals surface area contributed by atoms with E-state index in [4.69, 9.17) is 4.74 Å². The van der Waals surface area contributed by atoms with Crippen molar-refractivity contribution < 1.29 is 14.2 Å². The zero-order valence-corrected chi connectivity index (χ0v) is 15.7. The van der Waals surface area contributed by atoms with Gasteiger partial charge in [-0.1, -0.05) is 53.4 Å². The Kier molecular flexibility index (Phi) is 6.43. The second kappa shape index (κ2) is 8.98. The van der Waals surface area contributed by atoms with Crippen molar-refractivity contribution in [2.24, 2.45) is 0 Å². The van der Waals surface area contributed by atoms with E-state index in [0.29, 0.717) is 10.9 Å². The van der Waals surface area contributed by atoms with Gasteiger partial charge in [0.1, 0.15) is 6.61 Å². The molecule has 136 valence electrons. The van der Waals surface area contributed by atoms with Gasteiger partial charge in [-0.2, -0.15) is 0 Å². The van der Waals surface area contributed by atoms with E-state index in [-0.39, 0.29) is 12.4 Å². The molecule has 0 fully saturated rings. The van der Waals surface area contributed by atoms with Gasteiger partial charge in [-0.15, -0.1) is 10.2 Å². The predicted octanol–water partition coefficient (Wildman–Crippen LogP) is 4.26. The summed E-state index contributed by atoms with van der Waals surface area (Å²) < 4.78 is 19.5. The zero-order chi connectivity index (χ0) is 18.4. The van der Waals surface area contributed by atoms with E-state index in [1.165, 1.54) is 35.2 Å². The quantitative estimate of drug-likeness (QED) is 0.559. The average molecular weight is 391 g/mol. The highest BCUT2D eigenvalue weighted by molar-refractivity contribution is 8.01. The topological polar surface area (TPSA) is 67.3 Å². The molecule has 5 nitrogen and oxygen atoms in total. The number of thioether (sulfide) groups is 1. The summed E-state index contributed by atoms with van der Waals surface area (Å²) in [6.07, 6.45) is -0.740. The van der Waals surface area contributed by atoms with Crippen LogP contribution in [0.3, 0.4) is 0 Å². The van der Waals surface area contributed by atoms with Gasteiger partial charge >= 0.3 is 0 Å². The van der Waals surface area contributed by atoms with Gasteiger partial charge in [0.2, 0.25) is 5.13 Å². The molecule has 1 atom stereocenters. The van der Waals surface area contributed by atoms with Gasteiger partial charge < -0.3 is 15.2 Å². The number of aryl methyl sites for hydroxylation is 1. The molecule has 0 spiro atoms. The number of aromatic nitrogens is 2. The molecule has 26 heavy (non-hydrogen) atoms. The fourth-order valence-corrected chi connectivity index (χ4v) is 3.81. The fourth-order valence-electron chi connectivity index (χ4n) is 2.11. The summed E-state index contributed by atoms with van der Waals surface area (Å²) in [5.74, 6) is 0.0774. The van der Waals surface area contributed by atoms with Crippen LogP contribution in [0.4, 0.5) is 15.2 Å². The molecule has 0 amide bonds. The van der Waals surface area contributed by atoms with Crippen LogP contribution < -0.4 is 10.1 Å². The molecule has 0 bridgehead atoms. The predicted molar refractivity (Wildman–Crippen MR) is 103 cm³/mol. The number of nitrogens with zero attached hydrogens (tertiary/aromatic N) is 2. The first kappa shape index (κ1) is 18.6. The Bertz CT molecular complexity index is 860. The van der Waals surface area contributed by atoms with Gasteiger partial charge in [-0.25, -0.2) is 4.39 Å². The van der Waals surface area contributed by atoms with Crippen LogP contribution >= 0.6 is 23.1 Å². The van der Waals surface area contributed by atoms with E-state index < -0.39 is 11.9 Å². The maximum Gasteiger partial charge on any atom is 0.210 e. The molecule has 3 rings (SSSR count). The van der Waals surface area contributed by atoms with E-state index in [2.05, 4.69) is 15.5 Å². The molecular weight excluding hydrogens is 373 g/mol. The second-order valence-corrected chi connectivity index (χ2v) is 7.76. The molecule has 0 aliphatic carbocycles. The third kappa shape index (κ3) is 5.17. The van der Waals surface area contributed by atoms with Crippen LogP contribution in [0.25, 0.3) is 0 Å². The molecule has 0 aliphatic rings. The molecule has 1 aromatic heterocycles. The first-order chi connectivity index (χ1) is 12.6. The lowest BCUT2D eigenvalue weighted by Gasteiger charge is -2.11. The molecule has 0 radical (unpaired) electrons. The van der Waals surface area contributed by atoms with Crippen LogP contribution in [-0.2, 0) is 0 Å². The van der Waals surface area contributed by atoms with E-state index >= 15 is 0 Å². The number of halogens is 1. The van der Waals surface area contributed by atoms with Gasteiger partial charge in [0.05, 0.1) is 6.10 Å². The van der Waals surface area contributed by atoms with Crippen LogP contribution in [0.1, 0.15) is 5.56 Å². The number of benzene rings is 2. The van der Waals surface area contributed by atoms with Gasteiger partial charge in [0, 0.05) is 11.4 Å². The Balaban J connectivity index is 1.47. The molecule has 0 aliphatic heterocycles. The summed E-state index contributed by atoms with van der Waals surface area (Å²) in [4.78, 5) is 0. The number of hydrogen-bond acceptors (Lipinski definition) is 7. The number of aliphatic hydroxyl groups is 1. The Labute approximate surface area is 159 Å². The lowest BCUT2D eigenvalue weighted by Crippen LogP contribution is -2.20. The standard InChI is InChI=1S/C18H18FN3O2S2/c1-12-6-2-4-8-15(12)20-17-21-22-18(26-17)25-11-13(23)10-24-16-9-5-3-7-14(16)19/h2-9,13,23H,10-11H2,1H3,(H,20,21)/t13-/m1/s1. The van der Waals surface area contributed by atoms with Crippen molar-refractivity contribution in [3.63, 3.8) is 0 Å². The van der Waals surface area contributed by atoms with Gasteiger partial charge in [0.25, 0.3) is 0 Å². The third-order valence-corrected chi connectivity index (χ3v) is 5.58. The van der Waals surface area contributed by atoms with E-state index in [9.17, 15) is 9.50 Å². The van der Waals surface area contributed by atoms with E-state index in [0.717, 1.165) is 15.6 Å². The zero-order valence-electron chi connectivity index (χ0n) is 14.1. The Morgan fingerprint density at radius 3 is 2.77 bits per heavy atom. The first-order valence-electron chi connectivity index (χ1n) is 7.96. The van der Waals surface area contributed by atoms with Gasteiger partial charge in [-0.3, -0.25) is 0 Å². The van der Waals surface area contributed by atoms with Crippen molar-refractivity contribution in [1.29, 1.82) is 0 Å². The van der Waals surface area contributed by atoms with Crippen LogP contribution in [0, 0.1) is 12.7 Å². The number of ether oxygens (including phenoxy) is 1. The first-order valence-corrected chi connectivity index (χ1v) is 9.76. The molecule has 0 saturated carbocycles. The molecule has 1 heterocycles. The number of hydrogen-bond donors (Lipinski definition) is 2. The minimum Gasteiger partial charge on any atom is -0.488 e. The summed E-state index contributed by atoms with van der Waals surface area (Å²) in [5.41, 5.74) is 2.11. The van der Waals surface area contributed by atoms with Crippen molar-refractivity contribution in [3.05, 3.63) is 59.9 Å². The number of rotatable bonds is 8. The highest BCUT2D eigenvalue weighted by Gasteiger charge is 2.11. The van der Waals surface area contributed by atoms with E-state index in [1.807, 2.05) is 31.2 Å². The molecule has 8 heteroatoms. The molecule has 2 N–H and O–H groups in total. The third-order valence-electron chi connectivity index (χ3n) is 3.46. The van der Waals surface area contributed by atoms with Crippen molar-refractivity contribution in [3.8, 4) is 5.75 Å². The van der Waals surface area contributed by atoms with Crippen LogP contribution in [0.5, 0.6) is 5.75 Å². The van der Waals surface area contributed by atoms with Crippen LogP contribution in [0.15, 0.2) is 52.9 Å². The number of aliphatic hydroxyl groups excluding tert-OH is 1. The smallest absolute Gasteiger partial charge is 0.210 e. The Hall–Kier alpha value is -2.16. The lowest BCUT2D eigenvalue weighted by atomic mass is 10.2. The molecule has 3 aromatic rings. The molecule has 0 unspecified atom stereocenters. The maximum atomic E-state index is 13.5. The Morgan fingerprint density at radius 2 is 1.96 bits per heavy atom. The highest BCUT2D eigenvalue weighted by Crippen LogP contribution is 2.29. The second-order valence-electron chi connectivity index (χ2n) is 5.52. The highest BCUT2D eigenvalue weighted by atomic mass is 32.2. The fraction of sp³-hybridized carbons (Fsp3) is 0.222. The number of para-hydroxylation sites is 2. The summed E-state index contributed by atoms with van der Waals surface area (Å²) >= 11 is 2.80. The van der Waals surface area contributed by atoms with Gasteiger partial charge in [0.15, 0.2) is 15.9 Å². The lowest BCUT2D eigenvalue weighted by molar-refractivity contribution is 0.123. The van der Waals surface area contributed by atoms with Crippen LogP contribution in [0.2, 0.25) is 0 Å². The number of nitrogens with one attached hydrogen (secondary N) is 1. The number of anilines is 2. The summed E-state index contributed by atoms with van der Waals surface area (Å²) in [5, 5.41) is 22.2. The molecule has 2 aromatic carbocycles. The molecule has 0 saturated heterocycles. The SMILES string of the molecule is Cc1ccccc1Nc1nnc(SC[C@H](O)COc2ccccc2F)s1. The average Bonchev–Trinajstić information content (AvgIpc) is 3.09. The normalized spacial score (nSPS) is 12.0. The largest absolute Gasteiger partial charge is 0.488 e. The van der Waals surface area contributed by atoms with Crippen molar-refractivity contribution in [2.45, 2.75) is 17.4 Å². The minimum absolute atomic E-state index is 0.0149. The van der Waals surface area contributed by atoms with Gasteiger partial charge in [-0.05, 0) is 30.7 Å². The summed E-state index contributed by atoms with van der Waals surface area (Å²) in [6, 6.07) is 14.1. The minimum atomic E-state index is -0.740. The van der Waals surface area contributed by atoms with E-state index in [1.54, 1.807) is 12.1 Å². The summed E-state index contributed by atoms with van der Waals surface area (Å²) in [6.45, 7) is 2.03. The Morgan fingerprint density at radius 1 is 1.19 bits per heavy atom. The van der Waals surface area contributed by atoms with Crippen molar-refractivity contribution in [2.75, 3.05) is 17.7 Å². The maximum absolute atomic E-state index is 13.5. The van der Waals surface area contributed by atoms with Crippen molar-refractivity contribution in [1.82, 2.24) is 10.2 Å².